The molecule has 0 radical (unpaired) electrons. The summed E-state index contributed by atoms with van der Waals surface area (Å²) in [6, 6.07) is 3.95. The zero-order valence-corrected chi connectivity index (χ0v) is 16.4. The summed E-state index contributed by atoms with van der Waals surface area (Å²) in [7, 11) is 0. The average Bonchev–Trinajstić information content (AvgIpc) is 2.70. The highest BCUT2D eigenvalue weighted by atomic mass is 19.1. The topological polar surface area (TPSA) is 70.1 Å². The van der Waals surface area contributed by atoms with E-state index < -0.39 is 11.6 Å². The molecule has 9 heteroatoms. The Bertz CT molecular complexity index is 1000. The van der Waals surface area contributed by atoms with E-state index in [4.69, 9.17) is 4.98 Å². The fourth-order valence-electron chi connectivity index (χ4n) is 3.42. The van der Waals surface area contributed by atoms with Gasteiger partial charge in [0.25, 0.3) is 0 Å². The molecule has 0 bridgehead atoms. The van der Waals surface area contributed by atoms with Gasteiger partial charge in [-0.15, -0.1) is 0 Å². The number of benzene rings is 1. The number of piperazine rings is 1. The third-order valence-corrected chi connectivity index (χ3v) is 4.87. The van der Waals surface area contributed by atoms with Crippen LogP contribution in [0, 0.1) is 11.6 Å². The molecule has 3 heterocycles. The van der Waals surface area contributed by atoms with Gasteiger partial charge in [-0.05, 0) is 19.9 Å². The lowest BCUT2D eigenvalue weighted by atomic mass is 10.1. The lowest BCUT2D eigenvalue weighted by Gasteiger charge is -2.36. The van der Waals surface area contributed by atoms with Crippen molar-refractivity contribution >= 4 is 22.7 Å². The summed E-state index contributed by atoms with van der Waals surface area (Å²) in [4.78, 5) is 13.8. The van der Waals surface area contributed by atoms with E-state index in [9.17, 15) is 8.78 Å². The van der Waals surface area contributed by atoms with Crippen LogP contribution in [0.2, 0.25) is 0 Å². The number of hydrogen-bond acceptors (Lipinski definition) is 7. The van der Waals surface area contributed by atoms with Crippen LogP contribution in [-0.4, -0.2) is 57.3 Å². The average molecular weight is 399 g/mol. The van der Waals surface area contributed by atoms with Crippen molar-refractivity contribution in [3.63, 3.8) is 0 Å². The van der Waals surface area contributed by atoms with Crippen molar-refractivity contribution in [2.24, 2.45) is 0 Å². The van der Waals surface area contributed by atoms with E-state index in [-0.39, 0.29) is 6.04 Å². The zero-order chi connectivity index (χ0) is 20.4. The van der Waals surface area contributed by atoms with Crippen LogP contribution in [0.25, 0.3) is 11.0 Å². The van der Waals surface area contributed by atoms with Crippen LogP contribution in [0.15, 0.2) is 30.6 Å². The van der Waals surface area contributed by atoms with Crippen molar-refractivity contribution < 1.29 is 8.78 Å². The summed E-state index contributed by atoms with van der Waals surface area (Å²) < 4.78 is 27.1. The molecule has 4 rings (SSSR count). The van der Waals surface area contributed by atoms with E-state index in [1.165, 1.54) is 12.1 Å². The van der Waals surface area contributed by atoms with Crippen LogP contribution in [0.5, 0.6) is 0 Å². The van der Waals surface area contributed by atoms with Gasteiger partial charge in [0.1, 0.15) is 22.7 Å². The molecule has 1 N–H and O–H groups in total. The smallest absolute Gasteiger partial charge is 0.172 e. The van der Waals surface area contributed by atoms with Crippen molar-refractivity contribution in [3.05, 3.63) is 47.8 Å². The minimum atomic E-state index is -0.555. The van der Waals surface area contributed by atoms with Gasteiger partial charge in [-0.25, -0.2) is 18.7 Å². The maximum Gasteiger partial charge on any atom is 0.172 e. The number of nitrogens with zero attached hydrogens (tertiary/aromatic N) is 6. The fraction of sp³-hybridized carbons (Fsp3) is 0.400. The van der Waals surface area contributed by atoms with E-state index >= 15 is 0 Å². The second-order valence-corrected chi connectivity index (χ2v) is 7.45. The van der Waals surface area contributed by atoms with E-state index in [1.54, 1.807) is 12.4 Å². The number of anilines is 2. The maximum absolute atomic E-state index is 14.0. The molecule has 3 aromatic rings. The predicted octanol–water partition coefficient (Wildman–Crippen LogP) is 2.84. The van der Waals surface area contributed by atoms with Crippen LogP contribution in [-0.2, 0) is 6.54 Å². The van der Waals surface area contributed by atoms with Crippen molar-refractivity contribution in [2.75, 3.05) is 36.4 Å². The summed E-state index contributed by atoms with van der Waals surface area (Å²) in [5, 5.41) is 11.1. The normalized spacial score (nSPS) is 15.3. The molecule has 0 saturated carbocycles. The summed E-state index contributed by atoms with van der Waals surface area (Å²) >= 11 is 0. The molecule has 1 saturated heterocycles. The Balaban J connectivity index is 1.50. The monoisotopic (exact) mass is 399 g/mol. The number of hydrogen-bond donors (Lipinski definition) is 1. The standard InChI is InChI=1S/C20H23F2N7/c1-13(2)25-19-20(27-18-11-24-23-10-17(18)26-19)29-7-5-28(6-8-29)12-14-3-4-15(21)9-16(14)22/h3-4,9-11,13H,5-8,12H2,1-2H3,(H,25,26). The molecule has 1 aliphatic rings. The molecule has 1 aliphatic heterocycles. The highest BCUT2D eigenvalue weighted by molar-refractivity contribution is 5.79. The highest BCUT2D eigenvalue weighted by Crippen LogP contribution is 2.26. The number of fused-ring (bicyclic) bond motifs is 1. The van der Waals surface area contributed by atoms with Crippen LogP contribution in [0.3, 0.4) is 0 Å². The van der Waals surface area contributed by atoms with Crippen LogP contribution in [0.1, 0.15) is 19.4 Å². The van der Waals surface area contributed by atoms with Gasteiger partial charge in [0.15, 0.2) is 11.6 Å². The molecule has 29 heavy (non-hydrogen) atoms. The van der Waals surface area contributed by atoms with Crippen molar-refractivity contribution in [1.82, 2.24) is 25.1 Å². The summed E-state index contributed by atoms with van der Waals surface area (Å²) in [5.74, 6) is 0.448. The van der Waals surface area contributed by atoms with E-state index in [2.05, 4.69) is 44.1 Å². The summed E-state index contributed by atoms with van der Waals surface area (Å²) in [6.45, 7) is 7.50. The molecular weight excluding hydrogens is 376 g/mol. The first-order valence-corrected chi connectivity index (χ1v) is 9.66. The molecule has 2 aromatic heterocycles. The first kappa shape index (κ1) is 19.4. The number of rotatable bonds is 5. The molecule has 152 valence electrons. The zero-order valence-electron chi connectivity index (χ0n) is 16.4. The molecule has 1 fully saturated rings. The van der Waals surface area contributed by atoms with Gasteiger partial charge in [0.05, 0.1) is 12.4 Å². The largest absolute Gasteiger partial charge is 0.365 e. The van der Waals surface area contributed by atoms with Crippen LogP contribution < -0.4 is 10.2 Å². The highest BCUT2D eigenvalue weighted by Gasteiger charge is 2.23. The molecule has 7 nitrogen and oxygen atoms in total. The molecule has 0 aliphatic carbocycles. The Morgan fingerprint density at radius 3 is 2.34 bits per heavy atom. The number of halogens is 2. The SMILES string of the molecule is CC(C)Nc1nc2cnncc2nc1N1CCN(Cc2ccc(F)cc2F)CC1. The fourth-order valence-corrected chi connectivity index (χ4v) is 3.42. The molecule has 0 amide bonds. The van der Waals surface area contributed by atoms with Crippen molar-refractivity contribution in [1.29, 1.82) is 0 Å². The minimum absolute atomic E-state index is 0.207. The van der Waals surface area contributed by atoms with Crippen LogP contribution >= 0.6 is 0 Å². The van der Waals surface area contributed by atoms with E-state index in [0.717, 1.165) is 43.9 Å². The van der Waals surface area contributed by atoms with Gasteiger partial charge in [-0.3, -0.25) is 4.90 Å². The molecule has 0 atom stereocenters. The lowest BCUT2D eigenvalue weighted by Crippen LogP contribution is -2.46. The maximum atomic E-state index is 14.0. The Labute approximate surface area is 167 Å². The predicted molar refractivity (Wildman–Crippen MR) is 108 cm³/mol. The van der Waals surface area contributed by atoms with Crippen LogP contribution in [0.4, 0.5) is 20.4 Å². The molecular formula is C20H23F2N7. The Hall–Kier alpha value is -2.94. The van der Waals surface area contributed by atoms with Gasteiger partial charge >= 0.3 is 0 Å². The number of nitrogens with one attached hydrogen (secondary N) is 1. The summed E-state index contributed by atoms with van der Waals surface area (Å²) in [6.07, 6.45) is 3.21. The van der Waals surface area contributed by atoms with Gasteiger partial charge in [-0.1, -0.05) is 6.07 Å². The third-order valence-electron chi connectivity index (χ3n) is 4.87. The number of aromatic nitrogens is 4. The minimum Gasteiger partial charge on any atom is -0.365 e. The quantitative estimate of drug-likeness (QED) is 0.707. The summed E-state index contributed by atoms with van der Waals surface area (Å²) in [5.41, 5.74) is 1.89. The first-order valence-electron chi connectivity index (χ1n) is 9.66. The Morgan fingerprint density at radius 1 is 1.00 bits per heavy atom. The Morgan fingerprint density at radius 2 is 1.69 bits per heavy atom. The second-order valence-electron chi connectivity index (χ2n) is 7.45. The van der Waals surface area contributed by atoms with Gasteiger partial charge < -0.3 is 10.2 Å². The van der Waals surface area contributed by atoms with Gasteiger partial charge in [0.2, 0.25) is 0 Å². The third kappa shape index (κ3) is 4.40. The Kier molecular flexibility index (Phi) is 5.48. The second kappa shape index (κ2) is 8.20. The van der Waals surface area contributed by atoms with Gasteiger partial charge in [-0.2, -0.15) is 10.2 Å². The molecule has 0 unspecified atom stereocenters. The molecule has 1 aromatic carbocycles. The van der Waals surface area contributed by atoms with E-state index in [0.29, 0.717) is 23.1 Å². The first-order chi connectivity index (χ1) is 14.0. The van der Waals surface area contributed by atoms with Crippen molar-refractivity contribution in [2.45, 2.75) is 26.4 Å². The molecule has 0 spiro atoms. The lowest BCUT2D eigenvalue weighted by molar-refractivity contribution is 0.246. The van der Waals surface area contributed by atoms with Crippen molar-refractivity contribution in [3.8, 4) is 0 Å². The van der Waals surface area contributed by atoms with E-state index in [1.807, 2.05) is 0 Å². The van der Waals surface area contributed by atoms with Gasteiger partial charge in [0, 0.05) is 50.4 Å².